The number of fused-ring (bicyclic) bond motifs is 1. The van der Waals surface area contributed by atoms with E-state index in [0.29, 0.717) is 0 Å². The second-order valence-corrected chi connectivity index (χ2v) is 4.78. The third-order valence-corrected chi connectivity index (χ3v) is 4.25. The molecule has 9 heavy (non-hydrogen) atoms. The van der Waals surface area contributed by atoms with E-state index in [4.69, 9.17) is 0 Å². The Balaban J connectivity index is 2.16. The first kappa shape index (κ1) is 5.96. The monoisotopic (exact) mass is 189 g/mol. The Bertz CT molecular complexity index is 142. The van der Waals surface area contributed by atoms with Gasteiger partial charge in [0.05, 0.1) is 0 Å². The van der Waals surface area contributed by atoms with Gasteiger partial charge in [0.1, 0.15) is 0 Å². The van der Waals surface area contributed by atoms with Crippen LogP contribution in [-0.4, -0.2) is 26.4 Å². The van der Waals surface area contributed by atoms with E-state index in [1.807, 2.05) is 0 Å². The van der Waals surface area contributed by atoms with Crippen molar-refractivity contribution in [3.63, 3.8) is 0 Å². The zero-order chi connectivity index (χ0) is 6.10. The van der Waals surface area contributed by atoms with E-state index in [9.17, 15) is 0 Å². The normalized spacial score (nSPS) is 33.8. The minimum absolute atomic E-state index is 0.804. The van der Waals surface area contributed by atoms with Crippen LogP contribution in [-0.2, 0) is 0 Å². The van der Waals surface area contributed by atoms with Gasteiger partial charge in [0.15, 0.2) is 0 Å². The van der Waals surface area contributed by atoms with E-state index >= 15 is 0 Å². The molecule has 0 spiro atoms. The number of hydrogen-bond acceptors (Lipinski definition) is 1. The molecule has 0 amide bonds. The summed E-state index contributed by atoms with van der Waals surface area (Å²) in [5.41, 5.74) is 1.28. The van der Waals surface area contributed by atoms with Crippen molar-refractivity contribution in [3.8, 4) is 0 Å². The van der Waals surface area contributed by atoms with Gasteiger partial charge < -0.3 is 0 Å². The molecule has 1 nitrogen and oxygen atoms in total. The minimum atomic E-state index is 0.804. The van der Waals surface area contributed by atoms with Gasteiger partial charge in [0, 0.05) is 0 Å². The first-order chi connectivity index (χ1) is 4.47. The van der Waals surface area contributed by atoms with Gasteiger partial charge in [-0.05, 0) is 0 Å². The fourth-order valence-corrected chi connectivity index (χ4v) is 3.72. The molecule has 1 saturated heterocycles. The van der Waals surface area contributed by atoms with Crippen LogP contribution in [0.25, 0.3) is 0 Å². The summed E-state index contributed by atoms with van der Waals surface area (Å²) in [6.07, 6.45) is 6.59. The molecule has 0 bridgehead atoms. The van der Waals surface area contributed by atoms with Gasteiger partial charge in [0.25, 0.3) is 0 Å². The van der Waals surface area contributed by atoms with Crippen molar-refractivity contribution >= 4 is 15.0 Å². The van der Waals surface area contributed by atoms with Gasteiger partial charge in [-0.1, -0.05) is 0 Å². The standard InChI is InChI=1S/C7H11NSe/c1-2-4-7-6(3-1)8-5-9-7/h4,6,8H,1-3,5H2. The van der Waals surface area contributed by atoms with Crippen molar-refractivity contribution in [2.24, 2.45) is 0 Å². The predicted octanol–water partition coefficient (Wildman–Crippen LogP) is 0.688. The van der Waals surface area contributed by atoms with E-state index < -0.39 is 0 Å². The summed E-state index contributed by atoms with van der Waals surface area (Å²) in [5, 5.41) is 3.52. The summed E-state index contributed by atoms with van der Waals surface area (Å²) in [5.74, 6) is 0. The Morgan fingerprint density at radius 2 is 2.67 bits per heavy atom. The molecule has 1 aliphatic carbocycles. The molecule has 0 aromatic rings. The maximum atomic E-state index is 3.52. The molecule has 1 fully saturated rings. The van der Waals surface area contributed by atoms with E-state index in [-0.39, 0.29) is 0 Å². The zero-order valence-corrected chi connectivity index (χ0v) is 7.10. The molecule has 50 valence electrons. The van der Waals surface area contributed by atoms with Crippen molar-refractivity contribution in [2.45, 2.75) is 25.3 Å². The fourth-order valence-electron chi connectivity index (χ4n) is 1.44. The first-order valence-corrected chi connectivity index (χ1v) is 5.60. The summed E-state index contributed by atoms with van der Waals surface area (Å²) in [6, 6.07) is 0.804. The molecule has 0 aromatic heterocycles. The van der Waals surface area contributed by atoms with E-state index in [2.05, 4.69) is 11.4 Å². The average Bonchev–Trinajstić information content (AvgIpc) is 2.33. The molecule has 2 rings (SSSR count). The van der Waals surface area contributed by atoms with E-state index in [1.165, 1.54) is 24.7 Å². The number of hydrogen-bond donors (Lipinski definition) is 1. The van der Waals surface area contributed by atoms with Crippen molar-refractivity contribution in [2.75, 3.05) is 5.44 Å². The van der Waals surface area contributed by atoms with Gasteiger partial charge in [-0.15, -0.1) is 0 Å². The van der Waals surface area contributed by atoms with Crippen LogP contribution in [0.2, 0.25) is 0 Å². The van der Waals surface area contributed by atoms with Crippen LogP contribution >= 0.6 is 0 Å². The summed E-state index contributed by atoms with van der Waals surface area (Å²) < 4.78 is 1.74. The number of allylic oxidation sites excluding steroid dienone is 1. The topological polar surface area (TPSA) is 12.0 Å². The van der Waals surface area contributed by atoms with Gasteiger partial charge >= 0.3 is 61.6 Å². The van der Waals surface area contributed by atoms with Gasteiger partial charge in [-0.2, -0.15) is 0 Å². The van der Waals surface area contributed by atoms with Crippen molar-refractivity contribution in [3.05, 3.63) is 10.5 Å². The Morgan fingerprint density at radius 1 is 1.67 bits per heavy atom. The zero-order valence-electron chi connectivity index (χ0n) is 5.39. The number of nitrogens with one attached hydrogen (secondary N) is 1. The van der Waals surface area contributed by atoms with Crippen molar-refractivity contribution < 1.29 is 0 Å². The van der Waals surface area contributed by atoms with Crippen molar-refractivity contribution in [1.82, 2.24) is 5.32 Å². The Morgan fingerprint density at radius 3 is 3.56 bits per heavy atom. The molecule has 2 aliphatic rings. The summed E-state index contributed by atoms with van der Waals surface area (Å²) in [4.78, 5) is 0. The Labute approximate surface area is 62.1 Å². The maximum absolute atomic E-state index is 3.52. The molecule has 0 aromatic carbocycles. The van der Waals surface area contributed by atoms with Crippen LogP contribution in [0, 0.1) is 0 Å². The summed E-state index contributed by atoms with van der Waals surface area (Å²) >= 11 is 0.811. The van der Waals surface area contributed by atoms with Gasteiger partial charge in [-0.25, -0.2) is 0 Å². The molecule has 1 unspecified atom stereocenters. The van der Waals surface area contributed by atoms with Crippen LogP contribution < -0.4 is 5.32 Å². The molecule has 2 heteroatoms. The van der Waals surface area contributed by atoms with Crippen LogP contribution in [0.3, 0.4) is 0 Å². The van der Waals surface area contributed by atoms with E-state index in [1.54, 1.807) is 4.47 Å². The third kappa shape index (κ3) is 1.07. The quantitative estimate of drug-likeness (QED) is 0.551. The molecular weight excluding hydrogens is 177 g/mol. The summed E-state index contributed by atoms with van der Waals surface area (Å²) in [6.45, 7) is 0. The Hall–Kier alpha value is 0.219. The van der Waals surface area contributed by atoms with Crippen LogP contribution in [0.15, 0.2) is 10.5 Å². The molecular formula is C7H11NSe. The predicted molar refractivity (Wildman–Crippen MR) is 39.5 cm³/mol. The first-order valence-electron chi connectivity index (χ1n) is 3.53. The second-order valence-electron chi connectivity index (χ2n) is 2.58. The van der Waals surface area contributed by atoms with Gasteiger partial charge in [0.2, 0.25) is 0 Å². The molecule has 1 N–H and O–H groups in total. The number of rotatable bonds is 0. The molecule has 0 saturated carbocycles. The second kappa shape index (κ2) is 2.45. The third-order valence-electron chi connectivity index (χ3n) is 1.95. The van der Waals surface area contributed by atoms with E-state index in [0.717, 1.165) is 21.0 Å². The van der Waals surface area contributed by atoms with Crippen LogP contribution in [0.1, 0.15) is 19.3 Å². The molecule has 1 heterocycles. The Kier molecular flexibility index (Phi) is 1.62. The molecule has 1 aliphatic heterocycles. The molecule has 1 atom stereocenters. The molecule has 0 radical (unpaired) electrons. The average molecular weight is 188 g/mol. The summed E-state index contributed by atoms with van der Waals surface area (Å²) in [7, 11) is 0. The van der Waals surface area contributed by atoms with Crippen LogP contribution in [0.4, 0.5) is 0 Å². The van der Waals surface area contributed by atoms with Crippen LogP contribution in [0.5, 0.6) is 0 Å². The van der Waals surface area contributed by atoms with Crippen molar-refractivity contribution in [1.29, 1.82) is 0 Å². The van der Waals surface area contributed by atoms with Gasteiger partial charge in [-0.3, -0.25) is 0 Å². The fraction of sp³-hybridized carbons (Fsp3) is 0.714. The SMILES string of the molecule is C1=C2[Se]CNC2CCC1.